The maximum Gasteiger partial charge on any atom is 0.291 e. The largest absolute Gasteiger partial charge is 0.459 e. The zero-order valence-corrected chi connectivity index (χ0v) is 15.3. The van der Waals surface area contributed by atoms with Crippen LogP contribution in [0.5, 0.6) is 0 Å². The minimum absolute atomic E-state index is 0. The number of carbonyl (C=O) groups excluding carboxylic acids is 2. The summed E-state index contributed by atoms with van der Waals surface area (Å²) in [6.45, 7) is 1.55. The van der Waals surface area contributed by atoms with Crippen molar-refractivity contribution < 1.29 is 14.0 Å². The first kappa shape index (κ1) is 20.0. The molecule has 1 aliphatic heterocycles. The third kappa shape index (κ3) is 5.89. The monoisotopic (exact) mass is 377 g/mol. The van der Waals surface area contributed by atoms with Crippen molar-refractivity contribution in [3.05, 3.63) is 54.0 Å². The van der Waals surface area contributed by atoms with Crippen LogP contribution in [0.15, 0.2) is 47.1 Å². The molecule has 3 rings (SSSR count). The van der Waals surface area contributed by atoms with Crippen LogP contribution < -0.4 is 16.0 Å². The second-order valence-corrected chi connectivity index (χ2v) is 6.24. The molecule has 0 spiro atoms. The number of rotatable bonds is 7. The molecule has 2 amide bonds. The first-order valence-electron chi connectivity index (χ1n) is 8.64. The van der Waals surface area contributed by atoms with Gasteiger partial charge in [-0.15, -0.1) is 12.4 Å². The molecule has 0 radical (unpaired) electrons. The fourth-order valence-electron chi connectivity index (χ4n) is 2.90. The molecule has 2 aromatic rings. The molecule has 6 nitrogen and oxygen atoms in total. The fraction of sp³-hybridized carbons (Fsp3) is 0.368. The Labute approximate surface area is 159 Å². The number of halogens is 1. The van der Waals surface area contributed by atoms with Crippen molar-refractivity contribution in [3.63, 3.8) is 0 Å². The van der Waals surface area contributed by atoms with Crippen molar-refractivity contribution >= 4 is 29.9 Å². The van der Waals surface area contributed by atoms with Crippen LogP contribution >= 0.6 is 12.4 Å². The Balaban J connectivity index is 0.00000243. The fourth-order valence-corrected chi connectivity index (χ4v) is 2.90. The molecule has 3 N–H and O–H groups in total. The molecule has 26 heavy (non-hydrogen) atoms. The van der Waals surface area contributed by atoms with Crippen LogP contribution in [0.1, 0.15) is 41.8 Å². The lowest BCUT2D eigenvalue weighted by atomic mass is 10.1. The van der Waals surface area contributed by atoms with Gasteiger partial charge in [0.1, 0.15) is 0 Å². The second kappa shape index (κ2) is 9.99. The highest BCUT2D eigenvalue weighted by atomic mass is 35.5. The number of hydrogen-bond donors (Lipinski definition) is 3. The van der Waals surface area contributed by atoms with Crippen molar-refractivity contribution in [2.45, 2.75) is 38.3 Å². The molecule has 1 aliphatic rings. The van der Waals surface area contributed by atoms with E-state index in [4.69, 9.17) is 4.42 Å². The topological polar surface area (TPSA) is 83.4 Å². The minimum atomic E-state index is -0.286. The molecule has 1 aromatic heterocycles. The number of anilines is 1. The van der Waals surface area contributed by atoms with Gasteiger partial charge in [0, 0.05) is 24.7 Å². The molecule has 7 heteroatoms. The maximum atomic E-state index is 11.9. The van der Waals surface area contributed by atoms with Gasteiger partial charge in [0.15, 0.2) is 5.76 Å². The van der Waals surface area contributed by atoms with Crippen molar-refractivity contribution in [3.8, 4) is 0 Å². The molecule has 1 fully saturated rings. The lowest BCUT2D eigenvalue weighted by Crippen LogP contribution is -2.27. The summed E-state index contributed by atoms with van der Waals surface area (Å²) in [7, 11) is 0. The number of amides is 2. The summed E-state index contributed by atoms with van der Waals surface area (Å²) in [6.07, 6.45) is 5.27. The molecule has 1 aromatic carbocycles. The van der Waals surface area contributed by atoms with Gasteiger partial charge in [0.05, 0.1) is 6.26 Å². The summed E-state index contributed by atoms with van der Waals surface area (Å²) in [5, 5.41) is 9.09. The zero-order chi connectivity index (χ0) is 17.5. The van der Waals surface area contributed by atoms with Crippen molar-refractivity contribution in [1.29, 1.82) is 0 Å². The Morgan fingerprint density at radius 3 is 2.65 bits per heavy atom. The number of hydrogen-bond acceptors (Lipinski definition) is 4. The summed E-state index contributed by atoms with van der Waals surface area (Å²) < 4.78 is 5.05. The van der Waals surface area contributed by atoms with Crippen LogP contribution in [-0.4, -0.2) is 24.4 Å². The molecule has 0 bridgehead atoms. The standard InChI is InChI=1S/C19H23N3O3.ClH/c23-18(10-9-15-3-1-11-20-15)21-13-14-5-7-16(8-6-14)22-19(24)17-4-2-12-25-17;/h2,4-8,12,15,20H,1,3,9-11,13H2,(H,21,23)(H,22,24);1H. The molecule has 1 unspecified atom stereocenters. The molecule has 1 saturated heterocycles. The van der Waals surface area contributed by atoms with E-state index in [2.05, 4.69) is 16.0 Å². The molecule has 140 valence electrons. The van der Waals surface area contributed by atoms with Crippen LogP contribution in [0.3, 0.4) is 0 Å². The van der Waals surface area contributed by atoms with Crippen molar-refractivity contribution in [2.75, 3.05) is 11.9 Å². The molecule has 1 atom stereocenters. The Morgan fingerprint density at radius 1 is 1.19 bits per heavy atom. The predicted molar refractivity (Wildman–Crippen MR) is 102 cm³/mol. The Kier molecular flexibility index (Phi) is 7.69. The number of carbonyl (C=O) groups is 2. The Hall–Kier alpha value is -2.31. The lowest BCUT2D eigenvalue weighted by molar-refractivity contribution is -0.121. The molecule has 2 heterocycles. The third-order valence-electron chi connectivity index (χ3n) is 4.33. The Bertz CT molecular complexity index is 695. The van der Waals surface area contributed by atoms with Gasteiger partial charge in [-0.05, 0) is 55.6 Å². The van der Waals surface area contributed by atoms with E-state index in [1.54, 1.807) is 12.1 Å². The second-order valence-electron chi connectivity index (χ2n) is 6.24. The van der Waals surface area contributed by atoms with E-state index in [-0.39, 0.29) is 30.0 Å². The van der Waals surface area contributed by atoms with Crippen LogP contribution in [-0.2, 0) is 11.3 Å². The van der Waals surface area contributed by atoms with E-state index in [1.807, 2.05) is 24.3 Å². The average Bonchev–Trinajstić information content (AvgIpc) is 3.33. The summed E-state index contributed by atoms with van der Waals surface area (Å²) in [5.74, 6) is 0.0589. The minimum Gasteiger partial charge on any atom is -0.459 e. The Morgan fingerprint density at radius 2 is 2.00 bits per heavy atom. The highest BCUT2D eigenvalue weighted by molar-refractivity contribution is 6.02. The van der Waals surface area contributed by atoms with E-state index in [9.17, 15) is 9.59 Å². The van der Waals surface area contributed by atoms with Crippen molar-refractivity contribution in [1.82, 2.24) is 10.6 Å². The molecule has 0 saturated carbocycles. The van der Waals surface area contributed by atoms with Crippen LogP contribution in [0, 0.1) is 0 Å². The third-order valence-corrected chi connectivity index (χ3v) is 4.33. The van der Waals surface area contributed by atoms with Crippen LogP contribution in [0.4, 0.5) is 5.69 Å². The van der Waals surface area contributed by atoms with Gasteiger partial charge in [0.2, 0.25) is 5.91 Å². The SMILES string of the molecule is Cl.O=C(CCC1CCCN1)NCc1ccc(NC(=O)c2ccco2)cc1. The number of furan rings is 1. The van der Waals surface area contributed by atoms with Gasteiger partial charge < -0.3 is 20.4 Å². The zero-order valence-electron chi connectivity index (χ0n) is 14.5. The summed E-state index contributed by atoms with van der Waals surface area (Å²) in [5.41, 5.74) is 1.67. The van der Waals surface area contributed by atoms with Gasteiger partial charge in [-0.25, -0.2) is 0 Å². The van der Waals surface area contributed by atoms with Gasteiger partial charge in [-0.3, -0.25) is 9.59 Å². The predicted octanol–water partition coefficient (Wildman–Crippen LogP) is 3.10. The average molecular weight is 378 g/mol. The maximum absolute atomic E-state index is 11.9. The highest BCUT2D eigenvalue weighted by Crippen LogP contribution is 2.13. The van der Waals surface area contributed by atoms with Crippen LogP contribution in [0.25, 0.3) is 0 Å². The summed E-state index contributed by atoms with van der Waals surface area (Å²) >= 11 is 0. The molecular weight excluding hydrogens is 354 g/mol. The van der Waals surface area contributed by atoms with Gasteiger partial charge in [0.25, 0.3) is 5.91 Å². The van der Waals surface area contributed by atoms with Crippen LogP contribution in [0.2, 0.25) is 0 Å². The highest BCUT2D eigenvalue weighted by Gasteiger charge is 2.15. The van der Waals surface area contributed by atoms with Gasteiger partial charge >= 0.3 is 0 Å². The van der Waals surface area contributed by atoms with Crippen molar-refractivity contribution in [2.24, 2.45) is 0 Å². The first-order valence-corrected chi connectivity index (χ1v) is 8.64. The smallest absolute Gasteiger partial charge is 0.291 e. The normalized spacial score (nSPS) is 15.9. The van der Waals surface area contributed by atoms with E-state index in [1.165, 1.54) is 19.1 Å². The van der Waals surface area contributed by atoms with E-state index in [0.717, 1.165) is 18.5 Å². The quantitative estimate of drug-likeness (QED) is 0.692. The van der Waals surface area contributed by atoms with E-state index >= 15 is 0 Å². The number of nitrogens with one attached hydrogen (secondary N) is 3. The number of benzene rings is 1. The first-order chi connectivity index (χ1) is 12.2. The molecule has 0 aliphatic carbocycles. The van der Waals surface area contributed by atoms with E-state index in [0.29, 0.717) is 24.7 Å². The van der Waals surface area contributed by atoms with E-state index < -0.39 is 0 Å². The van der Waals surface area contributed by atoms with Gasteiger partial charge in [-0.1, -0.05) is 12.1 Å². The summed E-state index contributed by atoms with van der Waals surface area (Å²) in [6, 6.07) is 11.2. The lowest BCUT2D eigenvalue weighted by Gasteiger charge is -2.10. The van der Waals surface area contributed by atoms with Gasteiger partial charge in [-0.2, -0.15) is 0 Å². The summed E-state index contributed by atoms with van der Waals surface area (Å²) in [4.78, 5) is 23.8. The molecular formula is C19H24ClN3O3.